The van der Waals surface area contributed by atoms with Gasteiger partial charge in [0.25, 0.3) is 5.91 Å². The third-order valence-electron chi connectivity index (χ3n) is 5.46. The van der Waals surface area contributed by atoms with Crippen molar-refractivity contribution in [3.8, 4) is 5.75 Å². The van der Waals surface area contributed by atoms with E-state index >= 15 is 0 Å². The molecule has 0 atom stereocenters. The van der Waals surface area contributed by atoms with Crippen molar-refractivity contribution in [2.45, 2.75) is 38.6 Å². The van der Waals surface area contributed by atoms with Crippen LogP contribution < -0.4 is 15.8 Å². The zero-order valence-corrected chi connectivity index (χ0v) is 14.6. The number of rotatable bonds is 5. The Balaban J connectivity index is 1.53. The number of ether oxygens (including phenoxy) is 1. The molecule has 136 valence electrons. The summed E-state index contributed by atoms with van der Waals surface area (Å²) in [4.78, 5) is 24.9. The molecule has 2 aliphatic heterocycles. The molecule has 2 saturated heterocycles. The number of primary amides is 1. The van der Waals surface area contributed by atoms with E-state index in [1.54, 1.807) is 0 Å². The van der Waals surface area contributed by atoms with Crippen molar-refractivity contribution in [1.29, 1.82) is 0 Å². The number of carbonyl (C=O) groups excluding carboxylic acids is 2. The fraction of sp³-hybridized carbons (Fsp3) is 0.579. The van der Waals surface area contributed by atoms with Crippen molar-refractivity contribution in [2.75, 3.05) is 26.2 Å². The molecule has 0 radical (unpaired) electrons. The summed E-state index contributed by atoms with van der Waals surface area (Å²) in [5.41, 5.74) is 6.63. The third-order valence-corrected chi connectivity index (χ3v) is 5.46. The minimum absolute atomic E-state index is 0.0948. The van der Waals surface area contributed by atoms with Gasteiger partial charge in [0.1, 0.15) is 5.75 Å². The fourth-order valence-corrected chi connectivity index (χ4v) is 3.89. The second-order valence-corrected chi connectivity index (χ2v) is 7.28. The monoisotopic (exact) mass is 345 g/mol. The van der Waals surface area contributed by atoms with Crippen LogP contribution in [0.25, 0.3) is 0 Å². The van der Waals surface area contributed by atoms with Crippen molar-refractivity contribution in [3.63, 3.8) is 0 Å². The molecule has 2 fully saturated rings. The molecule has 1 aromatic rings. The Hall–Kier alpha value is -2.08. The van der Waals surface area contributed by atoms with E-state index in [1.807, 2.05) is 18.2 Å². The maximum Gasteiger partial charge on any atom is 0.255 e. The molecule has 3 N–H and O–H groups in total. The smallest absolute Gasteiger partial charge is 0.255 e. The van der Waals surface area contributed by atoms with Crippen LogP contribution in [-0.4, -0.2) is 43.0 Å². The molecule has 2 aliphatic rings. The summed E-state index contributed by atoms with van der Waals surface area (Å²) in [6.07, 6.45) is 5.09. The lowest BCUT2D eigenvalue weighted by Gasteiger charge is -2.41. The number of amides is 2. The number of nitrogens with one attached hydrogen (secondary N) is 1. The number of nitrogens with zero attached hydrogens (tertiary/aromatic N) is 1. The number of piperidine rings is 1. The largest absolute Gasteiger partial charge is 0.484 e. The Labute approximate surface area is 148 Å². The first-order valence-electron chi connectivity index (χ1n) is 9.04. The molecule has 25 heavy (non-hydrogen) atoms. The molecular formula is C19H27N3O3. The summed E-state index contributed by atoms with van der Waals surface area (Å²) in [6, 6.07) is 7.84. The molecule has 6 nitrogen and oxygen atoms in total. The maximum atomic E-state index is 11.6. The van der Waals surface area contributed by atoms with Crippen LogP contribution in [0.3, 0.4) is 0 Å². The van der Waals surface area contributed by atoms with E-state index in [2.05, 4.69) is 16.3 Å². The highest BCUT2D eigenvalue weighted by atomic mass is 16.5. The summed E-state index contributed by atoms with van der Waals surface area (Å²) in [6.45, 7) is 3.71. The summed E-state index contributed by atoms with van der Waals surface area (Å²) >= 11 is 0. The van der Waals surface area contributed by atoms with Crippen molar-refractivity contribution in [1.82, 2.24) is 10.2 Å². The first-order valence-corrected chi connectivity index (χ1v) is 9.04. The molecule has 2 amide bonds. The van der Waals surface area contributed by atoms with E-state index in [9.17, 15) is 9.59 Å². The highest BCUT2D eigenvalue weighted by Gasteiger charge is 2.35. The lowest BCUT2D eigenvalue weighted by atomic mass is 9.73. The Kier molecular flexibility index (Phi) is 5.58. The van der Waals surface area contributed by atoms with Crippen LogP contribution >= 0.6 is 0 Å². The molecule has 0 aromatic heterocycles. The maximum absolute atomic E-state index is 11.6. The van der Waals surface area contributed by atoms with Crippen LogP contribution in [-0.2, 0) is 16.1 Å². The lowest BCUT2D eigenvalue weighted by Crippen LogP contribution is -2.40. The van der Waals surface area contributed by atoms with Gasteiger partial charge in [-0.25, -0.2) is 0 Å². The van der Waals surface area contributed by atoms with E-state index in [1.165, 1.54) is 5.56 Å². The Bertz CT molecular complexity index is 624. The van der Waals surface area contributed by atoms with Gasteiger partial charge in [-0.05, 0) is 61.9 Å². The van der Waals surface area contributed by atoms with Gasteiger partial charge in [-0.15, -0.1) is 0 Å². The Morgan fingerprint density at radius 3 is 2.80 bits per heavy atom. The normalized spacial score (nSPS) is 20.7. The number of hydrogen-bond donors (Lipinski definition) is 2. The van der Waals surface area contributed by atoms with E-state index in [4.69, 9.17) is 10.5 Å². The topological polar surface area (TPSA) is 84.7 Å². The highest BCUT2D eigenvalue weighted by Crippen LogP contribution is 2.40. The van der Waals surface area contributed by atoms with Crippen LogP contribution in [0.1, 0.15) is 37.7 Å². The van der Waals surface area contributed by atoms with Crippen molar-refractivity contribution >= 4 is 11.8 Å². The molecule has 3 rings (SSSR count). The molecule has 0 bridgehead atoms. The van der Waals surface area contributed by atoms with Gasteiger partial charge < -0.3 is 15.8 Å². The molecule has 0 unspecified atom stereocenters. The second kappa shape index (κ2) is 7.87. The van der Waals surface area contributed by atoms with Gasteiger partial charge >= 0.3 is 0 Å². The average Bonchev–Trinajstić information content (AvgIpc) is 2.78. The van der Waals surface area contributed by atoms with Gasteiger partial charge in [-0.1, -0.05) is 12.1 Å². The van der Waals surface area contributed by atoms with E-state index in [-0.39, 0.29) is 12.5 Å². The van der Waals surface area contributed by atoms with Gasteiger partial charge in [0.05, 0.1) is 0 Å². The standard InChI is InChI=1S/C19H27N3O3/c20-17(23)14-25-16-3-1-2-15(12-16)13-22-10-7-19(8-11-22)5-4-18(24)21-9-6-19/h1-3,12H,4-11,13-14H2,(H2,20,23)(H,21,24). The van der Waals surface area contributed by atoms with Gasteiger partial charge in [0.2, 0.25) is 5.91 Å². The number of hydrogen-bond acceptors (Lipinski definition) is 4. The molecular weight excluding hydrogens is 318 g/mol. The number of nitrogens with two attached hydrogens (primary N) is 1. The van der Waals surface area contributed by atoms with Crippen molar-refractivity contribution in [3.05, 3.63) is 29.8 Å². The predicted molar refractivity (Wildman–Crippen MR) is 94.9 cm³/mol. The molecule has 0 aliphatic carbocycles. The van der Waals surface area contributed by atoms with Crippen LogP contribution in [0.4, 0.5) is 0 Å². The third kappa shape index (κ3) is 4.95. The second-order valence-electron chi connectivity index (χ2n) is 7.28. The van der Waals surface area contributed by atoms with Gasteiger partial charge in [0, 0.05) is 19.5 Å². The molecule has 1 aromatic carbocycles. The number of carbonyl (C=O) groups is 2. The Morgan fingerprint density at radius 1 is 1.24 bits per heavy atom. The van der Waals surface area contributed by atoms with E-state index < -0.39 is 5.91 Å². The van der Waals surface area contributed by atoms with Crippen LogP contribution in [0.5, 0.6) is 5.75 Å². The van der Waals surface area contributed by atoms with Crippen LogP contribution in [0.2, 0.25) is 0 Å². The van der Waals surface area contributed by atoms with Crippen LogP contribution in [0.15, 0.2) is 24.3 Å². The lowest BCUT2D eigenvalue weighted by molar-refractivity contribution is -0.121. The minimum atomic E-state index is -0.469. The number of benzene rings is 1. The summed E-state index contributed by atoms with van der Waals surface area (Å²) < 4.78 is 5.38. The minimum Gasteiger partial charge on any atom is -0.484 e. The zero-order chi connectivity index (χ0) is 17.7. The first kappa shape index (κ1) is 17.7. The van der Waals surface area contributed by atoms with Crippen molar-refractivity contribution < 1.29 is 14.3 Å². The van der Waals surface area contributed by atoms with E-state index in [0.717, 1.165) is 51.9 Å². The Morgan fingerprint density at radius 2 is 2.04 bits per heavy atom. The van der Waals surface area contributed by atoms with Gasteiger partial charge in [-0.2, -0.15) is 0 Å². The number of likely N-dealkylation sites (tertiary alicyclic amines) is 1. The molecule has 2 heterocycles. The quantitative estimate of drug-likeness (QED) is 0.845. The van der Waals surface area contributed by atoms with Gasteiger partial charge in [0.15, 0.2) is 6.61 Å². The summed E-state index contributed by atoms with van der Waals surface area (Å²) in [5, 5.41) is 2.99. The molecule has 1 spiro atoms. The average molecular weight is 345 g/mol. The highest BCUT2D eigenvalue weighted by molar-refractivity contribution is 5.76. The zero-order valence-electron chi connectivity index (χ0n) is 14.6. The summed E-state index contributed by atoms with van der Waals surface area (Å²) in [7, 11) is 0. The molecule has 0 saturated carbocycles. The SMILES string of the molecule is NC(=O)COc1cccc(CN2CCC3(CCNC(=O)CC3)CC2)c1. The molecule has 6 heteroatoms. The predicted octanol–water partition coefficient (Wildman–Crippen LogP) is 1.43. The summed E-state index contributed by atoms with van der Waals surface area (Å²) in [5.74, 6) is 0.410. The first-order chi connectivity index (χ1) is 12.0. The van der Waals surface area contributed by atoms with E-state index in [0.29, 0.717) is 17.6 Å². The van der Waals surface area contributed by atoms with Gasteiger partial charge in [-0.3, -0.25) is 14.5 Å². The van der Waals surface area contributed by atoms with Crippen LogP contribution in [0, 0.1) is 5.41 Å². The van der Waals surface area contributed by atoms with Crippen molar-refractivity contribution in [2.24, 2.45) is 11.1 Å². The fourth-order valence-electron chi connectivity index (χ4n) is 3.89.